The fourth-order valence-corrected chi connectivity index (χ4v) is 5.27. The largest absolute Gasteiger partial charge is 0.502 e. The number of fused-ring (bicyclic) bond motifs is 1. The molecule has 0 spiro atoms. The summed E-state index contributed by atoms with van der Waals surface area (Å²) in [6.07, 6.45) is 1.77. The molecule has 2 atom stereocenters. The van der Waals surface area contributed by atoms with E-state index in [4.69, 9.17) is 0 Å². The molecule has 0 radical (unpaired) electrons. The van der Waals surface area contributed by atoms with E-state index in [-0.39, 0.29) is 22.0 Å². The van der Waals surface area contributed by atoms with Crippen molar-refractivity contribution < 1.29 is 14.8 Å². The van der Waals surface area contributed by atoms with Crippen LogP contribution in [0.15, 0.2) is 39.4 Å². The first-order valence-electron chi connectivity index (χ1n) is 10.8. The molecule has 2 heterocycles. The van der Waals surface area contributed by atoms with E-state index in [2.05, 4.69) is 15.3 Å². The Hall–Kier alpha value is -3.14. The lowest BCUT2D eigenvalue weighted by atomic mass is 9.69. The van der Waals surface area contributed by atoms with Crippen LogP contribution >= 0.6 is 11.8 Å². The number of Topliss-reactive ketones (excluding diaryl/α,β-unsaturated/α-hetero) is 1. The molecule has 0 amide bonds. The maximum absolute atomic E-state index is 13.3. The Morgan fingerprint density at radius 3 is 2.73 bits per heavy atom. The molecule has 0 fully saturated rings. The first-order valence-corrected chi connectivity index (χ1v) is 11.7. The van der Waals surface area contributed by atoms with Gasteiger partial charge in [-0.1, -0.05) is 45.5 Å². The molecular weight excluding hydrogens is 444 g/mol. The van der Waals surface area contributed by atoms with Crippen molar-refractivity contribution in [1.82, 2.24) is 9.97 Å². The van der Waals surface area contributed by atoms with Gasteiger partial charge in [-0.15, -0.1) is 0 Å². The van der Waals surface area contributed by atoms with Crippen LogP contribution in [0.3, 0.4) is 0 Å². The van der Waals surface area contributed by atoms with Gasteiger partial charge < -0.3 is 15.4 Å². The number of ketones is 1. The highest BCUT2D eigenvalue weighted by Crippen LogP contribution is 2.48. The minimum Gasteiger partial charge on any atom is -0.502 e. The fraction of sp³-hybridized carbons (Fsp3) is 0.435. The zero-order valence-corrected chi connectivity index (χ0v) is 19.7. The zero-order chi connectivity index (χ0) is 24.1. The molecular formula is C23H26N4O5S. The van der Waals surface area contributed by atoms with E-state index in [0.717, 1.165) is 6.42 Å². The fourth-order valence-electron chi connectivity index (χ4n) is 4.42. The molecule has 33 heavy (non-hydrogen) atoms. The highest BCUT2D eigenvalue weighted by atomic mass is 32.2. The van der Waals surface area contributed by atoms with Crippen LogP contribution in [0.25, 0.3) is 0 Å². The summed E-state index contributed by atoms with van der Waals surface area (Å²) in [5, 5.41) is 25.3. The molecule has 1 aromatic heterocycles. The molecule has 174 valence electrons. The van der Waals surface area contributed by atoms with Crippen LogP contribution in [-0.4, -0.2) is 31.0 Å². The van der Waals surface area contributed by atoms with Crippen LogP contribution in [0.4, 0.5) is 11.5 Å². The highest BCUT2D eigenvalue weighted by Gasteiger charge is 2.43. The van der Waals surface area contributed by atoms with Gasteiger partial charge in [0.15, 0.2) is 16.7 Å². The Bertz CT molecular complexity index is 1250. The molecule has 1 aliphatic heterocycles. The van der Waals surface area contributed by atoms with Crippen molar-refractivity contribution in [1.29, 1.82) is 0 Å². The predicted molar refractivity (Wildman–Crippen MR) is 126 cm³/mol. The lowest BCUT2D eigenvalue weighted by molar-refractivity contribution is -0.385. The number of carbonyl (C=O) groups is 1. The topological polar surface area (TPSA) is 138 Å². The lowest BCUT2D eigenvalue weighted by Gasteiger charge is -2.38. The second-order valence-electron chi connectivity index (χ2n) is 9.37. The molecule has 1 aromatic carbocycles. The van der Waals surface area contributed by atoms with Crippen molar-refractivity contribution >= 4 is 29.1 Å². The number of aromatic amines is 1. The minimum absolute atomic E-state index is 0.113. The number of phenols is 1. The van der Waals surface area contributed by atoms with Crippen LogP contribution in [0.5, 0.6) is 5.75 Å². The van der Waals surface area contributed by atoms with Crippen molar-refractivity contribution in [2.24, 2.45) is 5.41 Å². The maximum atomic E-state index is 13.3. The first kappa shape index (κ1) is 23.0. The van der Waals surface area contributed by atoms with Crippen molar-refractivity contribution in [3.63, 3.8) is 0 Å². The third-order valence-electron chi connectivity index (χ3n) is 6.12. The van der Waals surface area contributed by atoms with E-state index >= 15 is 0 Å². The van der Waals surface area contributed by atoms with E-state index < -0.39 is 27.8 Å². The van der Waals surface area contributed by atoms with Gasteiger partial charge in [0.1, 0.15) is 5.82 Å². The van der Waals surface area contributed by atoms with Crippen LogP contribution in [0.2, 0.25) is 0 Å². The molecule has 2 aliphatic rings. The van der Waals surface area contributed by atoms with Gasteiger partial charge in [-0.3, -0.25) is 19.7 Å². The number of allylic oxidation sites excluding steroid dienone is 2. The number of nitrogens with one attached hydrogen (secondary N) is 2. The quantitative estimate of drug-likeness (QED) is 0.252. The van der Waals surface area contributed by atoms with Crippen molar-refractivity contribution in [2.45, 2.75) is 63.3 Å². The average molecular weight is 471 g/mol. The monoisotopic (exact) mass is 470 g/mol. The van der Waals surface area contributed by atoms with Crippen LogP contribution in [-0.2, 0) is 4.79 Å². The highest BCUT2D eigenvalue weighted by molar-refractivity contribution is 7.99. The molecule has 2 unspecified atom stereocenters. The number of benzene rings is 1. The normalized spacial score (nSPS) is 20.0. The number of aromatic hydroxyl groups is 1. The predicted octanol–water partition coefficient (Wildman–Crippen LogP) is 4.47. The maximum Gasteiger partial charge on any atom is 0.310 e. The molecule has 0 saturated heterocycles. The second kappa shape index (κ2) is 8.33. The minimum atomic E-state index is -0.821. The number of hydrogen-bond acceptors (Lipinski definition) is 8. The standard InChI is InChI=1S/C23H26N4O5S/c1-5-11(2)33-22-25-20-19(21(30)26-22)17(12-6-7-15(28)14(8-12)27(31)32)18-13(24-20)9-23(3,4)10-16(18)29/h6-8,11,17,28H,5,9-10H2,1-4H3,(H2,24,25,26,30). The number of hydrogen-bond donors (Lipinski definition) is 3. The summed E-state index contributed by atoms with van der Waals surface area (Å²) >= 11 is 1.45. The van der Waals surface area contributed by atoms with E-state index in [1.54, 1.807) is 0 Å². The number of carbonyl (C=O) groups excluding carboxylic acids is 1. The molecule has 1 aliphatic carbocycles. The van der Waals surface area contributed by atoms with E-state index in [9.17, 15) is 24.8 Å². The molecule has 0 saturated carbocycles. The Balaban J connectivity index is 1.94. The number of nitro groups is 1. The number of anilines is 1. The van der Waals surface area contributed by atoms with Crippen molar-refractivity contribution in [3.05, 3.63) is 61.1 Å². The molecule has 10 heteroatoms. The number of aromatic nitrogens is 2. The number of nitrogens with zero attached hydrogens (tertiary/aromatic N) is 2. The van der Waals surface area contributed by atoms with Gasteiger partial charge in [-0.25, -0.2) is 4.98 Å². The summed E-state index contributed by atoms with van der Waals surface area (Å²) in [6, 6.07) is 3.97. The Morgan fingerprint density at radius 2 is 2.06 bits per heavy atom. The van der Waals surface area contributed by atoms with Gasteiger partial charge in [-0.2, -0.15) is 0 Å². The summed E-state index contributed by atoms with van der Waals surface area (Å²) in [5.41, 5.74) is 0.586. The third-order valence-corrected chi connectivity index (χ3v) is 7.27. The number of rotatable bonds is 5. The van der Waals surface area contributed by atoms with Gasteiger partial charge >= 0.3 is 5.69 Å². The summed E-state index contributed by atoms with van der Waals surface area (Å²) in [7, 11) is 0. The Morgan fingerprint density at radius 1 is 1.33 bits per heavy atom. The van der Waals surface area contributed by atoms with Crippen molar-refractivity contribution in [3.8, 4) is 5.75 Å². The molecule has 4 rings (SSSR count). The van der Waals surface area contributed by atoms with Gasteiger partial charge in [0.05, 0.1) is 10.5 Å². The van der Waals surface area contributed by atoms with Crippen LogP contribution < -0.4 is 10.9 Å². The molecule has 9 nitrogen and oxygen atoms in total. The average Bonchev–Trinajstić information content (AvgIpc) is 2.71. The summed E-state index contributed by atoms with van der Waals surface area (Å²) < 4.78 is 0. The SMILES string of the molecule is CCC(C)Sc1nc2c(c(=O)[nH]1)C(c1ccc(O)c([N+](=O)[O-])c1)C1=C(CC(C)(C)CC1=O)N2. The molecule has 3 N–H and O–H groups in total. The molecule has 0 bridgehead atoms. The van der Waals surface area contributed by atoms with Gasteiger partial charge in [-0.05, 0) is 29.9 Å². The van der Waals surface area contributed by atoms with E-state index in [1.807, 2.05) is 27.7 Å². The number of H-pyrrole nitrogens is 1. The zero-order valence-electron chi connectivity index (χ0n) is 18.9. The van der Waals surface area contributed by atoms with E-state index in [0.29, 0.717) is 40.6 Å². The van der Waals surface area contributed by atoms with Crippen LogP contribution in [0, 0.1) is 15.5 Å². The number of phenolic OH excluding ortho intramolecular Hbond substituents is 1. The first-order chi connectivity index (χ1) is 15.5. The smallest absolute Gasteiger partial charge is 0.310 e. The molecule has 2 aromatic rings. The van der Waals surface area contributed by atoms with E-state index in [1.165, 1.54) is 30.0 Å². The second-order valence-corrected chi connectivity index (χ2v) is 10.8. The van der Waals surface area contributed by atoms with Crippen molar-refractivity contribution in [2.75, 3.05) is 5.32 Å². The van der Waals surface area contributed by atoms with Crippen LogP contribution in [0.1, 0.15) is 64.0 Å². The van der Waals surface area contributed by atoms with Gasteiger partial charge in [0.2, 0.25) is 0 Å². The summed E-state index contributed by atoms with van der Waals surface area (Å²) in [5.74, 6) is -1.05. The lowest BCUT2D eigenvalue weighted by Crippen LogP contribution is -2.37. The summed E-state index contributed by atoms with van der Waals surface area (Å²) in [4.78, 5) is 44.8. The van der Waals surface area contributed by atoms with Gasteiger partial charge in [0.25, 0.3) is 5.56 Å². The Labute approximate surface area is 194 Å². The number of nitro benzene ring substituents is 1. The number of thioether (sulfide) groups is 1. The van der Waals surface area contributed by atoms with Gasteiger partial charge in [0, 0.05) is 34.9 Å². The Kier molecular flexibility index (Phi) is 5.81. The summed E-state index contributed by atoms with van der Waals surface area (Å²) in [6.45, 7) is 8.09. The third kappa shape index (κ3) is 4.27.